The third-order valence-corrected chi connectivity index (χ3v) is 8.54. The van der Waals surface area contributed by atoms with E-state index in [1.54, 1.807) is 12.3 Å². The maximum Gasteiger partial charge on any atom is 0.327 e. The van der Waals surface area contributed by atoms with E-state index in [-0.39, 0.29) is 17.5 Å². The molecule has 0 unspecified atom stereocenters. The van der Waals surface area contributed by atoms with Gasteiger partial charge in [-0.2, -0.15) is 0 Å². The summed E-state index contributed by atoms with van der Waals surface area (Å²) in [7, 11) is 0. The summed E-state index contributed by atoms with van der Waals surface area (Å²) in [6, 6.07) is 13.7. The van der Waals surface area contributed by atoms with E-state index in [1.807, 2.05) is 41.1 Å². The average molecular weight is 567 g/mol. The molecule has 2 fully saturated rings. The highest BCUT2D eigenvalue weighted by Crippen LogP contribution is 2.28. The van der Waals surface area contributed by atoms with Gasteiger partial charge in [-0.25, -0.2) is 19.7 Å². The molecule has 0 radical (unpaired) electrons. The number of anilines is 1. The number of piperidine rings is 1. The first kappa shape index (κ1) is 26.5. The standard InChI is InChI=1S/C31H34N8O3/c40-29(24-20-38(26-6-2-1-5-23(24)26)12-4-11-36-15-17-42-18-16-36)25-19-28(34-21-33-25)37-13-8-22(9-14-37)39-27-7-3-10-32-30(27)35-31(39)41/h1-3,5-7,10,19-22H,4,8-9,11-18H2,(H,32,35,41). The Labute approximate surface area is 242 Å². The number of carbonyl (C=O) groups excluding carboxylic acids is 1. The van der Waals surface area contributed by atoms with Gasteiger partial charge in [-0.3, -0.25) is 19.2 Å². The van der Waals surface area contributed by atoms with Gasteiger partial charge in [0, 0.05) is 80.2 Å². The van der Waals surface area contributed by atoms with Gasteiger partial charge < -0.3 is 14.2 Å². The van der Waals surface area contributed by atoms with E-state index in [0.29, 0.717) is 16.9 Å². The fourth-order valence-electron chi connectivity index (χ4n) is 6.36. The Kier molecular flexibility index (Phi) is 7.27. The molecule has 0 aliphatic carbocycles. The quantitative estimate of drug-likeness (QED) is 0.285. The van der Waals surface area contributed by atoms with Crippen molar-refractivity contribution >= 4 is 33.7 Å². The number of morpholine rings is 1. The lowest BCUT2D eigenvalue weighted by Crippen LogP contribution is -2.37. The topological polar surface area (TPSA) is 114 Å². The number of H-pyrrole nitrogens is 1. The number of aromatic nitrogens is 6. The summed E-state index contributed by atoms with van der Waals surface area (Å²) in [6.07, 6.45) is 7.71. The molecule has 11 nitrogen and oxygen atoms in total. The maximum absolute atomic E-state index is 13.8. The van der Waals surface area contributed by atoms with Crippen molar-refractivity contribution in [3.05, 3.63) is 82.9 Å². The number of pyridine rings is 1. The van der Waals surface area contributed by atoms with Gasteiger partial charge in [-0.15, -0.1) is 0 Å². The number of nitrogens with one attached hydrogen (secondary N) is 1. The number of rotatable bonds is 8. The number of nitrogens with zero attached hydrogens (tertiary/aromatic N) is 7. The molecule has 1 N–H and O–H groups in total. The van der Waals surface area contributed by atoms with Crippen molar-refractivity contribution in [3.63, 3.8) is 0 Å². The van der Waals surface area contributed by atoms with Crippen molar-refractivity contribution in [1.29, 1.82) is 0 Å². The van der Waals surface area contributed by atoms with E-state index in [1.165, 1.54) is 6.33 Å². The Balaban J connectivity index is 1.06. The zero-order valence-electron chi connectivity index (χ0n) is 23.5. The second kappa shape index (κ2) is 11.5. The minimum atomic E-state index is -0.127. The lowest BCUT2D eigenvalue weighted by atomic mass is 10.0. The van der Waals surface area contributed by atoms with Crippen LogP contribution in [0, 0.1) is 0 Å². The minimum Gasteiger partial charge on any atom is -0.379 e. The van der Waals surface area contributed by atoms with Crippen LogP contribution in [0.2, 0.25) is 0 Å². The molecule has 0 bridgehead atoms. The molecule has 0 atom stereocenters. The number of aryl methyl sites for hydroxylation is 1. The Morgan fingerprint density at radius 1 is 0.952 bits per heavy atom. The number of fused-ring (bicyclic) bond motifs is 2. The summed E-state index contributed by atoms with van der Waals surface area (Å²) in [5.74, 6) is 0.628. The molecule has 11 heteroatoms. The van der Waals surface area contributed by atoms with Crippen LogP contribution in [0.4, 0.5) is 5.82 Å². The van der Waals surface area contributed by atoms with Crippen LogP contribution in [-0.4, -0.2) is 85.7 Å². The fraction of sp³-hybridized carbons (Fsp3) is 0.387. The Hall–Kier alpha value is -4.35. The highest BCUT2D eigenvalue weighted by molar-refractivity contribution is 6.15. The number of hydrogen-bond donors (Lipinski definition) is 1. The fourth-order valence-corrected chi connectivity index (χ4v) is 6.36. The van der Waals surface area contributed by atoms with Crippen molar-refractivity contribution in [2.75, 3.05) is 50.8 Å². The van der Waals surface area contributed by atoms with Crippen LogP contribution < -0.4 is 10.6 Å². The Morgan fingerprint density at radius 3 is 2.62 bits per heavy atom. The summed E-state index contributed by atoms with van der Waals surface area (Å²) < 4.78 is 9.48. The first-order chi connectivity index (χ1) is 20.7. The van der Waals surface area contributed by atoms with E-state index in [2.05, 4.69) is 40.4 Å². The van der Waals surface area contributed by atoms with Crippen LogP contribution in [0.5, 0.6) is 0 Å². The number of aromatic amines is 1. The van der Waals surface area contributed by atoms with Gasteiger partial charge in [0.05, 0.1) is 18.7 Å². The summed E-state index contributed by atoms with van der Waals surface area (Å²) in [5, 5.41) is 0.938. The van der Waals surface area contributed by atoms with E-state index >= 15 is 0 Å². The third-order valence-electron chi connectivity index (χ3n) is 8.54. The summed E-state index contributed by atoms with van der Waals surface area (Å²) in [4.78, 5) is 47.1. The lowest BCUT2D eigenvalue weighted by Gasteiger charge is -2.33. The van der Waals surface area contributed by atoms with Gasteiger partial charge in [0.15, 0.2) is 5.65 Å². The van der Waals surface area contributed by atoms with E-state index < -0.39 is 0 Å². The molecule has 42 heavy (non-hydrogen) atoms. The van der Waals surface area contributed by atoms with Gasteiger partial charge in [0.2, 0.25) is 5.78 Å². The number of ketones is 1. The van der Waals surface area contributed by atoms with Gasteiger partial charge >= 0.3 is 5.69 Å². The van der Waals surface area contributed by atoms with Gasteiger partial charge in [0.25, 0.3) is 0 Å². The van der Waals surface area contributed by atoms with E-state index in [9.17, 15) is 9.59 Å². The van der Waals surface area contributed by atoms with Crippen molar-refractivity contribution in [2.24, 2.45) is 0 Å². The number of para-hydroxylation sites is 1. The lowest BCUT2D eigenvalue weighted by molar-refractivity contribution is 0.0369. The summed E-state index contributed by atoms with van der Waals surface area (Å²) in [6.45, 7) is 6.83. The largest absolute Gasteiger partial charge is 0.379 e. The maximum atomic E-state index is 13.8. The number of ether oxygens (including phenoxy) is 1. The van der Waals surface area contributed by atoms with Crippen LogP contribution in [0.3, 0.4) is 0 Å². The first-order valence-electron chi connectivity index (χ1n) is 14.7. The Morgan fingerprint density at radius 2 is 1.76 bits per heavy atom. The monoisotopic (exact) mass is 566 g/mol. The molecule has 6 heterocycles. The number of imidazole rings is 1. The van der Waals surface area contributed by atoms with Crippen molar-refractivity contribution in [3.8, 4) is 0 Å². The third kappa shape index (κ3) is 5.10. The van der Waals surface area contributed by atoms with Crippen molar-refractivity contribution < 1.29 is 9.53 Å². The highest BCUT2D eigenvalue weighted by atomic mass is 16.5. The van der Waals surface area contributed by atoms with Crippen molar-refractivity contribution in [2.45, 2.75) is 31.8 Å². The first-order valence-corrected chi connectivity index (χ1v) is 14.7. The predicted molar refractivity (Wildman–Crippen MR) is 160 cm³/mol. The van der Waals surface area contributed by atoms with Crippen LogP contribution in [0.1, 0.15) is 41.4 Å². The van der Waals surface area contributed by atoms with E-state index in [0.717, 1.165) is 94.0 Å². The number of benzene rings is 1. The molecule has 4 aromatic heterocycles. The molecule has 5 aromatic rings. The zero-order valence-corrected chi connectivity index (χ0v) is 23.5. The highest BCUT2D eigenvalue weighted by Gasteiger charge is 2.26. The summed E-state index contributed by atoms with van der Waals surface area (Å²) >= 11 is 0. The van der Waals surface area contributed by atoms with Crippen LogP contribution in [0.25, 0.3) is 22.1 Å². The van der Waals surface area contributed by atoms with Crippen LogP contribution in [-0.2, 0) is 11.3 Å². The molecule has 216 valence electrons. The molecule has 0 amide bonds. The summed E-state index contributed by atoms with van der Waals surface area (Å²) in [5.41, 5.74) is 3.42. The molecule has 0 saturated carbocycles. The second-order valence-corrected chi connectivity index (χ2v) is 11.0. The minimum absolute atomic E-state index is 0.0732. The van der Waals surface area contributed by atoms with E-state index in [4.69, 9.17) is 4.74 Å². The average Bonchev–Trinajstić information content (AvgIpc) is 3.58. The SMILES string of the molecule is O=C(c1cc(N2CCC(n3c(=O)[nH]c4ncccc43)CC2)ncn1)c1cn(CCCN2CCOCC2)c2ccccc12. The molecule has 2 saturated heterocycles. The van der Waals surface area contributed by atoms with Gasteiger partial charge in [-0.1, -0.05) is 18.2 Å². The van der Waals surface area contributed by atoms with Crippen LogP contribution in [0.15, 0.2) is 66.0 Å². The van der Waals surface area contributed by atoms with Crippen molar-refractivity contribution in [1.82, 2.24) is 34.0 Å². The Bertz CT molecular complexity index is 1780. The number of carbonyl (C=O) groups is 1. The number of hydrogen-bond acceptors (Lipinski definition) is 8. The molecule has 2 aliphatic rings. The molecule has 2 aliphatic heterocycles. The molecule has 7 rings (SSSR count). The second-order valence-electron chi connectivity index (χ2n) is 11.0. The molecule has 1 aromatic carbocycles. The van der Waals surface area contributed by atoms with Gasteiger partial charge in [-0.05, 0) is 37.5 Å². The predicted octanol–water partition coefficient (Wildman–Crippen LogP) is 3.26. The van der Waals surface area contributed by atoms with Gasteiger partial charge in [0.1, 0.15) is 17.8 Å². The molecule has 0 spiro atoms. The normalized spacial score (nSPS) is 16.9. The molecular weight excluding hydrogens is 532 g/mol. The van der Waals surface area contributed by atoms with Crippen LogP contribution >= 0.6 is 0 Å². The zero-order chi connectivity index (χ0) is 28.5. The molecular formula is C31H34N8O3. The smallest absolute Gasteiger partial charge is 0.327 e.